The van der Waals surface area contributed by atoms with E-state index in [0.29, 0.717) is 5.41 Å². The third-order valence-corrected chi connectivity index (χ3v) is 5.63. The monoisotopic (exact) mass is 280 g/mol. The average Bonchev–Trinajstić information content (AvgIpc) is 2.87. The van der Waals surface area contributed by atoms with Crippen LogP contribution in [0.1, 0.15) is 49.8 Å². The highest BCUT2D eigenvalue weighted by atomic mass is 32.1. The third kappa shape index (κ3) is 4.30. The molecule has 1 aliphatic rings. The van der Waals surface area contributed by atoms with E-state index in [1.807, 2.05) is 11.3 Å². The van der Waals surface area contributed by atoms with Crippen LogP contribution in [0.5, 0.6) is 0 Å². The quantitative estimate of drug-likeness (QED) is 0.851. The maximum Gasteiger partial charge on any atom is 0.0328 e. The Hall–Kier alpha value is -0.380. The van der Waals surface area contributed by atoms with Gasteiger partial charge in [0.1, 0.15) is 0 Å². The summed E-state index contributed by atoms with van der Waals surface area (Å²) in [5.41, 5.74) is 0.599. The number of nitrogens with one attached hydrogen (secondary N) is 1. The normalized spacial score (nSPS) is 19.7. The second-order valence-corrected chi connectivity index (χ2v) is 7.34. The van der Waals surface area contributed by atoms with Crippen LogP contribution in [-0.2, 0) is 13.1 Å². The number of hydrogen-bond acceptors (Lipinski definition) is 3. The lowest BCUT2D eigenvalue weighted by molar-refractivity contribution is 0.110. The summed E-state index contributed by atoms with van der Waals surface area (Å²) in [6.45, 7) is 12.7. The Balaban J connectivity index is 1.80. The SMILES string of the molecule is CCNCc1ccc(CN2CCC(C)(CC)CC2)s1. The van der Waals surface area contributed by atoms with Crippen molar-refractivity contribution < 1.29 is 0 Å². The molecule has 0 amide bonds. The summed E-state index contributed by atoms with van der Waals surface area (Å²) in [6, 6.07) is 4.59. The standard InChI is InChI=1S/C16H28N2S/c1-4-16(3)8-10-18(11-9-16)13-15-7-6-14(19-15)12-17-5-2/h6-7,17H,4-5,8-13H2,1-3H3. The van der Waals surface area contributed by atoms with Gasteiger partial charge in [0, 0.05) is 22.8 Å². The van der Waals surface area contributed by atoms with Crippen molar-refractivity contribution in [2.24, 2.45) is 5.41 Å². The summed E-state index contributed by atoms with van der Waals surface area (Å²) in [6.07, 6.45) is 4.05. The first-order valence-electron chi connectivity index (χ1n) is 7.66. The molecule has 19 heavy (non-hydrogen) atoms. The molecule has 0 unspecified atom stereocenters. The molecule has 1 fully saturated rings. The molecule has 1 aromatic heterocycles. The molecule has 1 N–H and O–H groups in total. The number of thiophene rings is 1. The van der Waals surface area contributed by atoms with Crippen LogP contribution in [0.3, 0.4) is 0 Å². The van der Waals surface area contributed by atoms with E-state index >= 15 is 0 Å². The molecule has 0 radical (unpaired) electrons. The predicted octanol–water partition coefficient (Wildman–Crippen LogP) is 3.87. The average molecular weight is 280 g/mol. The van der Waals surface area contributed by atoms with Crippen molar-refractivity contribution in [3.8, 4) is 0 Å². The van der Waals surface area contributed by atoms with Crippen molar-refractivity contribution in [2.75, 3.05) is 19.6 Å². The number of nitrogens with zero attached hydrogens (tertiary/aromatic N) is 1. The van der Waals surface area contributed by atoms with Gasteiger partial charge in [0.2, 0.25) is 0 Å². The van der Waals surface area contributed by atoms with Crippen molar-refractivity contribution in [1.29, 1.82) is 0 Å². The van der Waals surface area contributed by atoms with Crippen LogP contribution in [0.25, 0.3) is 0 Å². The van der Waals surface area contributed by atoms with Crippen molar-refractivity contribution in [3.05, 3.63) is 21.9 Å². The second-order valence-electron chi connectivity index (χ2n) is 6.09. The number of hydrogen-bond donors (Lipinski definition) is 1. The van der Waals surface area contributed by atoms with Gasteiger partial charge in [-0.2, -0.15) is 0 Å². The van der Waals surface area contributed by atoms with E-state index in [0.717, 1.165) is 19.6 Å². The zero-order chi connectivity index (χ0) is 13.7. The van der Waals surface area contributed by atoms with Gasteiger partial charge in [-0.3, -0.25) is 4.90 Å². The van der Waals surface area contributed by atoms with Crippen LogP contribution in [0, 0.1) is 5.41 Å². The molecule has 2 nitrogen and oxygen atoms in total. The van der Waals surface area contributed by atoms with Crippen LogP contribution in [0.15, 0.2) is 12.1 Å². The van der Waals surface area contributed by atoms with Gasteiger partial charge >= 0.3 is 0 Å². The number of piperidine rings is 1. The number of rotatable bonds is 6. The molecule has 3 heteroatoms. The fraction of sp³-hybridized carbons (Fsp3) is 0.750. The van der Waals surface area contributed by atoms with E-state index in [9.17, 15) is 0 Å². The fourth-order valence-corrected chi connectivity index (χ4v) is 3.71. The summed E-state index contributed by atoms with van der Waals surface area (Å²) < 4.78 is 0. The largest absolute Gasteiger partial charge is 0.312 e. The zero-order valence-electron chi connectivity index (χ0n) is 12.7. The zero-order valence-corrected chi connectivity index (χ0v) is 13.5. The van der Waals surface area contributed by atoms with Gasteiger partial charge in [-0.1, -0.05) is 27.2 Å². The Kier molecular flexibility index (Phi) is 5.43. The number of likely N-dealkylation sites (tertiary alicyclic amines) is 1. The smallest absolute Gasteiger partial charge is 0.0328 e. The van der Waals surface area contributed by atoms with Gasteiger partial charge < -0.3 is 5.32 Å². The lowest BCUT2D eigenvalue weighted by Crippen LogP contribution is -2.37. The maximum absolute atomic E-state index is 3.40. The second kappa shape index (κ2) is 6.87. The molecule has 0 atom stereocenters. The van der Waals surface area contributed by atoms with Crippen LogP contribution >= 0.6 is 11.3 Å². The molecule has 108 valence electrons. The van der Waals surface area contributed by atoms with E-state index in [1.54, 1.807) is 0 Å². The molecule has 1 aliphatic heterocycles. The van der Waals surface area contributed by atoms with Gasteiger partial charge in [0.15, 0.2) is 0 Å². The Morgan fingerprint density at radius 1 is 1.21 bits per heavy atom. The fourth-order valence-electron chi connectivity index (χ4n) is 2.68. The van der Waals surface area contributed by atoms with Crippen molar-refractivity contribution in [3.63, 3.8) is 0 Å². The first-order valence-corrected chi connectivity index (χ1v) is 8.47. The highest BCUT2D eigenvalue weighted by Crippen LogP contribution is 2.34. The van der Waals surface area contributed by atoms with E-state index in [4.69, 9.17) is 0 Å². The van der Waals surface area contributed by atoms with E-state index in [2.05, 4.69) is 43.1 Å². The Bertz CT molecular complexity index is 378. The summed E-state index contributed by atoms with van der Waals surface area (Å²) in [4.78, 5) is 5.61. The molecule has 0 spiro atoms. The van der Waals surface area contributed by atoms with Gasteiger partial charge in [-0.15, -0.1) is 11.3 Å². The van der Waals surface area contributed by atoms with Crippen LogP contribution in [0.2, 0.25) is 0 Å². The predicted molar refractivity (Wildman–Crippen MR) is 84.6 cm³/mol. The lowest BCUT2D eigenvalue weighted by atomic mass is 9.78. The highest BCUT2D eigenvalue weighted by molar-refractivity contribution is 7.11. The minimum Gasteiger partial charge on any atom is -0.312 e. The molecule has 0 saturated carbocycles. The van der Waals surface area contributed by atoms with Gasteiger partial charge in [0.25, 0.3) is 0 Å². The topological polar surface area (TPSA) is 15.3 Å². The maximum atomic E-state index is 3.40. The molecular formula is C16H28N2S. The van der Waals surface area contributed by atoms with E-state index in [-0.39, 0.29) is 0 Å². The minimum absolute atomic E-state index is 0.599. The summed E-state index contributed by atoms with van der Waals surface area (Å²) in [7, 11) is 0. The molecular weight excluding hydrogens is 252 g/mol. The summed E-state index contributed by atoms with van der Waals surface area (Å²) in [5, 5.41) is 3.40. The Morgan fingerprint density at radius 3 is 2.53 bits per heavy atom. The molecule has 1 saturated heterocycles. The van der Waals surface area contributed by atoms with Gasteiger partial charge in [0.05, 0.1) is 0 Å². The van der Waals surface area contributed by atoms with E-state index in [1.165, 1.54) is 42.1 Å². The molecule has 0 aliphatic carbocycles. The lowest BCUT2D eigenvalue weighted by Gasteiger charge is -2.38. The minimum atomic E-state index is 0.599. The molecule has 0 aromatic carbocycles. The van der Waals surface area contributed by atoms with Crippen molar-refractivity contribution in [1.82, 2.24) is 10.2 Å². The van der Waals surface area contributed by atoms with Crippen molar-refractivity contribution in [2.45, 2.75) is 53.1 Å². The van der Waals surface area contributed by atoms with Gasteiger partial charge in [-0.05, 0) is 50.0 Å². The van der Waals surface area contributed by atoms with E-state index < -0.39 is 0 Å². The Morgan fingerprint density at radius 2 is 1.89 bits per heavy atom. The molecule has 1 aromatic rings. The molecule has 2 rings (SSSR count). The molecule has 0 bridgehead atoms. The third-order valence-electron chi connectivity index (χ3n) is 4.56. The van der Waals surface area contributed by atoms with Crippen LogP contribution in [-0.4, -0.2) is 24.5 Å². The first kappa shape index (κ1) is 15.0. The Labute approximate surface area is 122 Å². The molecule has 2 heterocycles. The van der Waals surface area contributed by atoms with Gasteiger partial charge in [-0.25, -0.2) is 0 Å². The highest BCUT2D eigenvalue weighted by Gasteiger charge is 2.28. The van der Waals surface area contributed by atoms with Crippen molar-refractivity contribution >= 4 is 11.3 Å². The first-order chi connectivity index (χ1) is 9.15. The summed E-state index contributed by atoms with van der Waals surface area (Å²) in [5.74, 6) is 0. The summed E-state index contributed by atoms with van der Waals surface area (Å²) >= 11 is 1.97. The van der Waals surface area contributed by atoms with Crippen LogP contribution in [0.4, 0.5) is 0 Å². The van der Waals surface area contributed by atoms with Crippen LogP contribution < -0.4 is 5.32 Å².